The molecule has 22 heteroatoms. The van der Waals surface area contributed by atoms with Crippen molar-refractivity contribution in [2.24, 2.45) is 0 Å². The second-order valence-corrected chi connectivity index (χ2v) is 14.2. The van der Waals surface area contributed by atoms with Crippen LogP contribution in [0.5, 0.6) is 11.5 Å². The van der Waals surface area contributed by atoms with Crippen molar-refractivity contribution in [3.8, 4) is 11.5 Å². The fourth-order valence-corrected chi connectivity index (χ4v) is 4.84. The van der Waals surface area contributed by atoms with E-state index in [1.54, 1.807) is 32.9 Å². The average Bonchev–Trinajstić information content (AvgIpc) is 3.00. The molecule has 0 saturated carbocycles. The quantitative estimate of drug-likeness (QED) is 0.0689. The van der Waals surface area contributed by atoms with E-state index in [1.807, 2.05) is 11.8 Å². The second-order valence-electron chi connectivity index (χ2n) is 9.48. The zero-order valence-electron chi connectivity index (χ0n) is 29.8. The maximum atomic E-state index is 11.3. The molecular formula is C28H60IN8NaO8S4. The molecule has 0 aliphatic carbocycles. The minimum absolute atomic E-state index is 0. The summed E-state index contributed by atoms with van der Waals surface area (Å²) in [6.45, 7) is 4.35. The molecule has 292 valence electrons. The molecule has 50 heavy (non-hydrogen) atoms. The van der Waals surface area contributed by atoms with Crippen molar-refractivity contribution in [2.75, 3.05) is 67.4 Å². The number of unbranched alkanes of at least 4 members (excludes halogenated alkanes) is 2. The molecule has 2 rings (SSSR count). The van der Waals surface area contributed by atoms with Gasteiger partial charge in [-0.15, -0.1) is 0 Å². The van der Waals surface area contributed by atoms with Crippen LogP contribution in [0.2, 0.25) is 0 Å². The van der Waals surface area contributed by atoms with Crippen LogP contribution in [0.15, 0.2) is 12.4 Å². The van der Waals surface area contributed by atoms with E-state index < -0.39 is 30.9 Å². The smallest absolute Gasteiger partial charge is 0.491 e. The Kier molecular flexibility index (Phi) is 47.4. The molecule has 0 saturated heterocycles. The molecule has 0 aliphatic heterocycles. The number of anilines is 4. The summed E-state index contributed by atoms with van der Waals surface area (Å²) in [5, 5.41) is 13.8. The van der Waals surface area contributed by atoms with E-state index in [2.05, 4.69) is 50.7 Å². The van der Waals surface area contributed by atoms with Gasteiger partial charge in [0.25, 0.3) is 0 Å². The maximum Gasteiger partial charge on any atom is 1.00 e. The monoisotopic (exact) mass is 914 g/mol. The van der Waals surface area contributed by atoms with E-state index in [9.17, 15) is 4.21 Å². The van der Waals surface area contributed by atoms with Crippen molar-refractivity contribution in [1.82, 2.24) is 19.9 Å². The number of ether oxygens (including phenoxy) is 2. The number of nitrogens with zero attached hydrogens (tertiary/aromatic N) is 4. The standard InChI is InChI=1S/C13H24N4O2S.C13H24N4OS.CH4O.CH4.IO4.Na.2H2S/c1-4-5-6-10(7-8-20(3)18)16-12-11(19-2)9-15-13(14)17-12;1-4-5-6-10(7-8-19-3)16-12-11(18-2)9-15-13(14)17-12;1-2;;2-1(3,4)5;;;/h9-10H,4-8H2,1-3H3,(H3,14,15,16,17);9-10H,4-8H2,1-3H3,(H3,14,15,16,17);2H,1H3;1H4;;;2*1H2/q;;;;-1;+1;;/t10-,20?;10-;;;;;;/m00....../s1. The van der Waals surface area contributed by atoms with Gasteiger partial charge in [-0.25, -0.2) is 9.97 Å². The summed E-state index contributed by atoms with van der Waals surface area (Å²) >= 11 is -4.08. The Morgan fingerprint density at radius 1 is 0.860 bits per heavy atom. The Labute approximate surface area is 348 Å². The molecule has 0 spiro atoms. The van der Waals surface area contributed by atoms with Gasteiger partial charge in [0.2, 0.25) is 11.9 Å². The number of hydrogen-bond acceptors (Lipinski definition) is 17. The summed E-state index contributed by atoms with van der Waals surface area (Å²) in [6.07, 6.45) is 15.7. The molecule has 0 aliphatic rings. The van der Waals surface area contributed by atoms with E-state index in [0.29, 0.717) is 34.9 Å². The molecule has 0 aromatic carbocycles. The molecule has 2 heterocycles. The van der Waals surface area contributed by atoms with E-state index >= 15 is 0 Å². The van der Waals surface area contributed by atoms with Crippen molar-refractivity contribution < 1.29 is 82.2 Å². The van der Waals surface area contributed by atoms with E-state index in [1.165, 1.54) is 12.8 Å². The van der Waals surface area contributed by atoms with Gasteiger partial charge in [-0.3, -0.25) is 18.0 Å². The second kappa shape index (κ2) is 38.4. The molecule has 0 amide bonds. The van der Waals surface area contributed by atoms with Gasteiger partial charge < -0.3 is 36.7 Å². The van der Waals surface area contributed by atoms with E-state index in [-0.39, 0.29) is 81.9 Å². The van der Waals surface area contributed by atoms with Crippen molar-refractivity contribution >= 4 is 73.1 Å². The van der Waals surface area contributed by atoms with E-state index in [4.69, 9.17) is 39.8 Å². The topological polar surface area (TPSA) is 276 Å². The number of nitrogens with one attached hydrogen (secondary N) is 2. The van der Waals surface area contributed by atoms with Gasteiger partial charge in [0.05, 0.1) is 26.6 Å². The van der Waals surface area contributed by atoms with Gasteiger partial charge >= 0.3 is 29.6 Å². The Bertz CT molecular complexity index is 1080. The first kappa shape index (κ1) is 61.7. The van der Waals surface area contributed by atoms with Crippen molar-refractivity contribution in [3.63, 3.8) is 0 Å². The predicted octanol–water partition coefficient (Wildman–Crippen LogP) is -5.68. The summed E-state index contributed by atoms with van der Waals surface area (Å²) in [5.41, 5.74) is 11.3. The molecule has 0 radical (unpaired) electrons. The molecule has 16 nitrogen and oxygen atoms in total. The fraction of sp³-hybridized carbons (Fsp3) is 0.714. The number of aliphatic hydroxyl groups is 1. The van der Waals surface area contributed by atoms with Gasteiger partial charge in [-0.05, 0) is 37.7 Å². The largest absolute Gasteiger partial charge is 1.00 e. The van der Waals surface area contributed by atoms with Crippen molar-refractivity contribution in [3.05, 3.63) is 12.4 Å². The number of rotatable bonds is 18. The Balaban J connectivity index is -0.000000153. The number of aliphatic hydroxyl groups excluding tert-OH is 1. The summed E-state index contributed by atoms with van der Waals surface area (Å²) in [6, 6.07) is 0.609. The Hall–Kier alpha value is -0.310. The molecule has 2 aromatic rings. The van der Waals surface area contributed by atoms with Crippen LogP contribution >= 0.6 is 38.8 Å². The molecule has 3 atom stereocenters. The van der Waals surface area contributed by atoms with Crippen LogP contribution in [0.1, 0.15) is 72.6 Å². The summed E-state index contributed by atoms with van der Waals surface area (Å²) in [7, 11) is 3.40. The summed E-state index contributed by atoms with van der Waals surface area (Å²) < 4.78 is 56.2. The molecule has 0 fully saturated rings. The van der Waals surface area contributed by atoms with Crippen LogP contribution in [-0.4, -0.2) is 86.7 Å². The third-order valence-corrected chi connectivity index (χ3v) is 7.36. The van der Waals surface area contributed by atoms with Gasteiger partial charge in [0, 0.05) is 42.0 Å². The Morgan fingerprint density at radius 3 is 1.52 bits per heavy atom. The van der Waals surface area contributed by atoms with E-state index in [0.717, 1.165) is 51.4 Å². The van der Waals surface area contributed by atoms with Crippen molar-refractivity contribution in [2.45, 2.75) is 84.7 Å². The third kappa shape index (κ3) is 34.8. The number of halogens is 1. The molecule has 1 unspecified atom stereocenters. The molecular weight excluding hydrogens is 855 g/mol. The fourth-order valence-electron chi connectivity index (χ4n) is 3.71. The zero-order chi connectivity index (χ0) is 35.5. The first-order valence-electron chi connectivity index (χ1n) is 14.5. The first-order chi connectivity index (χ1) is 21.8. The van der Waals surface area contributed by atoms with Crippen LogP contribution in [0, 0.1) is 0 Å². The van der Waals surface area contributed by atoms with Gasteiger partial charge in [0.1, 0.15) is 20.1 Å². The Morgan fingerprint density at radius 2 is 1.22 bits per heavy atom. The zero-order valence-corrected chi connectivity index (χ0v) is 37.6. The summed E-state index contributed by atoms with van der Waals surface area (Å²) in [5.74, 6) is 4.77. The normalized spacial score (nSPS) is 11.4. The number of hydrogen-bond donors (Lipinski definition) is 5. The number of nitrogen functional groups attached to an aromatic ring is 2. The van der Waals surface area contributed by atoms with Crippen LogP contribution in [0.4, 0.5) is 23.5 Å². The SMILES string of the molecule is C.CCCC[C@@H](CCS(C)=O)Nc1nc(N)ncc1OC.CCCC[C@@H](CCSC)Nc1nc(N)ncc1OC.CO.S.S.[Na+].[O-][I+3]([O-])([O-])[O-]. The van der Waals surface area contributed by atoms with Gasteiger partial charge in [-0.2, -0.15) is 48.7 Å². The van der Waals surface area contributed by atoms with Crippen LogP contribution in [0.25, 0.3) is 0 Å². The van der Waals surface area contributed by atoms with Crippen LogP contribution in [-0.2, 0) is 10.8 Å². The maximum absolute atomic E-state index is 11.3. The number of thioether (sulfide) groups is 1. The van der Waals surface area contributed by atoms with Crippen molar-refractivity contribution in [1.29, 1.82) is 0 Å². The summed E-state index contributed by atoms with van der Waals surface area (Å²) in [4.78, 5) is 16.2. The van der Waals surface area contributed by atoms with Crippen LogP contribution in [0.3, 0.4) is 0 Å². The number of nitrogens with two attached hydrogens (primary N) is 2. The number of methoxy groups -OCH3 is 2. The predicted molar refractivity (Wildman–Crippen MR) is 202 cm³/mol. The first-order valence-corrected chi connectivity index (χ1v) is 21.1. The number of aromatic nitrogens is 4. The van der Waals surface area contributed by atoms with Gasteiger partial charge in [0.15, 0.2) is 23.1 Å². The third-order valence-electron chi connectivity index (χ3n) is 5.91. The van der Waals surface area contributed by atoms with Gasteiger partial charge in [-0.1, -0.05) is 47.0 Å². The minimum Gasteiger partial charge on any atom is -0.491 e. The van der Waals surface area contributed by atoms with Crippen LogP contribution < -0.4 is 95.0 Å². The average molecular weight is 915 g/mol. The molecule has 2 aromatic heterocycles. The molecule has 0 bridgehead atoms. The molecule has 7 N–H and O–H groups in total. The minimum atomic E-state index is -5.94.